The zero-order chi connectivity index (χ0) is 13.7. The van der Waals surface area contributed by atoms with E-state index in [-0.39, 0.29) is 5.84 Å². The lowest BCUT2D eigenvalue weighted by atomic mass is 10.1. The van der Waals surface area contributed by atoms with Gasteiger partial charge in [-0.3, -0.25) is 4.90 Å². The average molecular weight is 261 g/mol. The normalized spacial score (nSPS) is 16.0. The molecule has 0 unspecified atom stereocenters. The second-order valence-electron chi connectivity index (χ2n) is 5.36. The molecule has 0 aromatic heterocycles. The lowest BCUT2D eigenvalue weighted by molar-refractivity contribution is 0.255. The van der Waals surface area contributed by atoms with Crippen LogP contribution in [-0.2, 0) is 6.54 Å². The highest BCUT2D eigenvalue weighted by atomic mass is 16.4. The Balaban J connectivity index is 1.96. The van der Waals surface area contributed by atoms with Crippen LogP contribution >= 0.6 is 0 Å². The summed E-state index contributed by atoms with van der Waals surface area (Å²) in [6.07, 6.45) is 3.97. The molecule has 0 heterocycles. The fraction of sp³-hybridized carbons (Fsp3) is 0.533. The lowest BCUT2D eigenvalue weighted by Crippen LogP contribution is -2.26. The van der Waals surface area contributed by atoms with Gasteiger partial charge in [-0.05, 0) is 37.3 Å². The summed E-state index contributed by atoms with van der Waals surface area (Å²) in [6.45, 7) is 5.58. The maximum absolute atomic E-state index is 8.63. The topological polar surface area (TPSA) is 61.8 Å². The first-order valence-corrected chi connectivity index (χ1v) is 7.02. The van der Waals surface area contributed by atoms with Gasteiger partial charge >= 0.3 is 0 Å². The first kappa shape index (κ1) is 13.9. The number of oxime groups is 1. The largest absolute Gasteiger partial charge is 0.409 e. The van der Waals surface area contributed by atoms with Crippen LogP contribution in [0, 0.1) is 5.92 Å². The zero-order valence-electron chi connectivity index (χ0n) is 11.5. The van der Waals surface area contributed by atoms with Crippen molar-refractivity contribution < 1.29 is 5.21 Å². The van der Waals surface area contributed by atoms with Crippen LogP contribution in [0.15, 0.2) is 29.4 Å². The van der Waals surface area contributed by atoms with Gasteiger partial charge in [0, 0.05) is 18.7 Å². The van der Waals surface area contributed by atoms with Crippen LogP contribution in [0.5, 0.6) is 0 Å². The molecular weight excluding hydrogens is 238 g/mol. The first-order valence-electron chi connectivity index (χ1n) is 7.02. The van der Waals surface area contributed by atoms with E-state index in [2.05, 4.69) is 29.1 Å². The van der Waals surface area contributed by atoms with E-state index in [4.69, 9.17) is 10.9 Å². The molecule has 4 heteroatoms. The number of nitrogens with zero attached hydrogens (tertiary/aromatic N) is 2. The summed E-state index contributed by atoms with van der Waals surface area (Å²) in [4.78, 5) is 2.52. The van der Waals surface area contributed by atoms with Gasteiger partial charge < -0.3 is 10.9 Å². The molecule has 0 saturated heterocycles. The Kier molecular flexibility index (Phi) is 4.80. The number of hydrogen-bond acceptors (Lipinski definition) is 3. The molecule has 1 aromatic rings. The van der Waals surface area contributed by atoms with Crippen LogP contribution in [0.25, 0.3) is 0 Å². The molecule has 1 fully saturated rings. The Labute approximate surface area is 114 Å². The number of amidine groups is 1. The Morgan fingerprint density at radius 2 is 2.05 bits per heavy atom. The van der Waals surface area contributed by atoms with Crippen LogP contribution in [-0.4, -0.2) is 29.0 Å². The fourth-order valence-electron chi connectivity index (χ4n) is 2.31. The fourth-order valence-corrected chi connectivity index (χ4v) is 2.31. The van der Waals surface area contributed by atoms with E-state index in [1.807, 2.05) is 12.1 Å². The molecular formula is C15H23N3O. The third-order valence-corrected chi connectivity index (χ3v) is 3.52. The monoisotopic (exact) mass is 261 g/mol. The molecule has 0 bridgehead atoms. The van der Waals surface area contributed by atoms with Crippen LogP contribution in [0.1, 0.15) is 37.3 Å². The highest BCUT2D eigenvalue weighted by Crippen LogP contribution is 2.30. The predicted octanol–water partition coefficient (Wildman–Crippen LogP) is 2.40. The summed E-state index contributed by atoms with van der Waals surface area (Å²) in [7, 11) is 0. The second-order valence-corrected chi connectivity index (χ2v) is 5.36. The summed E-state index contributed by atoms with van der Waals surface area (Å²) in [5, 5.41) is 11.6. The quantitative estimate of drug-likeness (QED) is 0.343. The third kappa shape index (κ3) is 4.24. The van der Waals surface area contributed by atoms with E-state index in [9.17, 15) is 0 Å². The summed E-state index contributed by atoms with van der Waals surface area (Å²) >= 11 is 0. The van der Waals surface area contributed by atoms with Gasteiger partial charge in [-0.15, -0.1) is 0 Å². The van der Waals surface area contributed by atoms with Crippen molar-refractivity contribution in [3.05, 3.63) is 35.4 Å². The molecule has 1 aliphatic carbocycles. The van der Waals surface area contributed by atoms with E-state index in [1.165, 1.54) is 31.4 Å². The standard InChI is InChI=1S/C15H23N3O/c1-2-9-18(10-12-3-4-12)11-13-5-7-14(8-6-13)15(16)17-19/h5-8,12,19H,2-4,9-11H2,1H3,(H2,16,17). The molecule has 2 rings (SSSR count). The maximum Gasteiger partial charge on any atom is 0.170 e. The van der Waals surface area contributed by atoms with Gasteiger partial charge in [0.1, 0.15) is 0 Å². The zero-order valence-corrected chi connectivity index (χ0v) is 11.5. The molecule has 0 radical (unpaired) electrons. The summed E-state index contributed by atoms with van der Waals surface area (Å²) < 4.78 is 0. The number of nitrogens with two attached hydrogens (primary N) is 1. The van der Waals surface area contributed by atoms with E-state index in [1.54, 1.807) is 0 Å². The van der Waals surface area contributed by atoms with Crippen LogP contribution < -0.4 is 5.73 Å². The van der Waals surface area contributed by atoms with Crippen molar-refractivity contribution in [3.63, 3.8) is 0 Å². The molecule has 0 atom stereocenters. The van der Waals surface area contributed by atoms with Crippen molar-refractivity contribution in [1.29, 1.82) is 0 Å². The van der Waals surface area contributed by atoms with E-state index < -0.39 is 0 Å². The minimum atomic E-state index is 0.162. The van der Waals surface area contributed by atoms with Crippen molar-refractivity contribution in [2.45, 2.75) is 32.7 Å². The van der Waals surface area contributed by atoms with Crippen LogP contribution in [0.4, 0.5) is 0 Å². The minimum Gasteiger partial charge on any atom is -0.409 e. The number of hydrogen-bond donors (Lipinski definition) is 2. The molecule has 1 aliphatic rings. The van der Waals surface area contributed by atoms with Gasteiger partial charge in [0.05, 0.1) is 0 Å². The maximum atomic E-state index is 8.63. The van der Waals surface area contributed by atoms with Gasteiger partial charge in [0.15, 0.2) is 5.84 Å². The molecule has 19 heavy (non-hydrogen) atoms. The second kappa shape index (κ2) is 6.57. The Morgan fingerprint density at radius 1 is 1.37 bits per heavy atom. The Morgan fingerprint density at radius 3 is 2.58 bits per heavy atom. The summed E-state index contributed by atoms with van der Waals surface area (Å²) in [6, 6.07) is 7.93. The third-order valence-electron chi connectivity index (χ3n) is 3.52. The summed E-state index contributed by atoms with van der Waals surface area (Å²) in [5.74, 6) is 1.08. The minimum absolute atomic E-state index is 0.162. The molecule has 4 nitrogen and oxygen atoms in total. The van der Waals surface area contributed by atoms with Crippen molar-refractivity contribution in [2.75, 3.05) is 13.1 Å². The smallest absolute Gasteiger partial charge is 0.170 e. The molecule has 0 aliphatic heterocycles. The molecule has 1 aromatic carbocycles. The van der Waals surface area contributed by atoms with Gasteiger partial charge in [-0.25, -0.2) is 0 Å². The molecule has 0 spiro atoms. The number of rotatable bonds is 7. The molecule has 3 N–H and O–H groups in total. The van der Waals surface area contributed by atoms with E-state index in [0.717, 1.165) is 24.6 Å². The van der Waals surface area contributed by atoms with Gasteiger partial charge in [0.2, 0.25) is 0 Å². The molecule has 104 valence electrons. The SMILES string of the molecule is CCCN(Cc1ccc(C(N)=NO)cc1)CC1CC1. The van der Waals surface area contributed by atoms with Crippen molar-refractivity contribution in [1.82, 2.24) is 4.90 Å². The Hall–Kier alpha value is -1.55. The van der Waals surface area contributed by atoms with Crippen LogP contribution in [0.3, 0.4) is 0 Å². The van der Waals surface area contributed by atoms with Crippen molar-refractivity contribution in [2.24, 2.45) is 16.8 Å². The van der Waals surface area contributed by atoms with Crippen molar-refractivity contribution in [3.8, 4) is 0 Å². The molecule has 1 saturated carbocycles. The Bertz CT molecular complexity index is 424. The van der Waals surface area contributed by atoms with E-state index in [0.29, 0.717) is 0 Å². The van der Waals surface area contributed by atoms with Gasteiger partial charge in [0.25, 0.3) is 0 Å². The van der Waals surface area contributed by atoms with E-state index >= 15 is 0 Å². The van der Waals surface area contributed by atoms with Gasteiger partial charge in [-0.2, -0.15) is 0 Å². The first-order chi connectivity index (χ1) is 9.22. The molecule has 0 amide bonds. The predicted molar refractivity (Wildman–Crippen MR) is 77.2 cm³/mol. The average Bonchev–Trinajstić information content (AvgIpc) is 3.23. The van der Waals surface area contributed by atoms with Crippen LogP contribution in [0.2, 0.25) is 0 Å². The van der Waals surface area contributed by atoms with Crippen molar-refractivity contribution >= 4 is 5.84 Å². The number of benzene rings is 1. The lowest BCUT2D eigenvalue weighted by Gasteiger charge is -2.21. The highest BCUT2D eigenvalue weighted by molar-refractivity contribution is 5.96. The van der Waals surface area contributed by atoms with Gasteiger partial charge in [-0.1, -0.05) is 36.3 Å². The summed E-state index contributed by atoms with van der Waals surface area (Å²) in [5.41, 5.74) is 7.60. The highest BCUT2D eigenvalue weighted by Gasteiger charge is 2.23.